The van der Waals surface area contributed by atoms with Crippen LogP contribution in [0, 0.1) is 0 Å². The number of benzene rings is 1. The van der Waals surface area contributed by atoms with Crippen LogP contribution in [-0.2, 0) is 4.74 Å². The van der Waals surface area contributed by atoms with Gasteiger partial charge in [-0.05, 0) is 26.0 Å². The smallest absolute Gasteiger partial charge is 0.338 e. The summed E-state index contributed by atoms with van der Waals surface area (Å²) in [6.07, 6.45) is -2.81. The lowest BCUT2D eigenvalue weighted by Gasteiger charge is -2.11. The Balaban J connectivity index is 3.26. The minimum absolute atomic E-state index is 0.0481. The molecule has 1 atom stereocenters. The normalized spacial score (nSPS) is 12.3. The maximum atomic E-state index is 12.8. The Morgan fingerprint density at radius 1 is 1.37 bits per heavy atom. The number of carbonyl (C=O) groups is 2. The number of hydrogen-bond donors (Lipinski definition) is 0. The molecule has 0 amide bonds. The summed E-state index contributed by atoms with van der Waals surface area (Å²) in [6.45, 7) is 3.17. The molecule has 0 bridgehead atoms. The van der Waals surface area contributed by atoms with Crippen LogP contribution in [0.15, 0.2) is 18.2 Å². The van der Waals surface area contributed by atoms with Gasteiger partial charge in [0.2, 0.25) is 0 Å². The predicted octanol–water partition coefficient (Wildman–Crippen LogP) is 3.61. The van der Waals surface area contributed by atoms with Gasteiger partial charge in [0.05, 0.1) is 17.5 Å². The van der Waals surface area contributed by atoms with Gasteiger partial charge in [0.15, 0.2) is 5.78 Å². The van der Waals surface area contributed by atoms with E-state index in [2.05, 4.69) is 0 Å². The number of esters is 1. The molecule has 0 heterocycles. The highest BCUT2D eigenvalue weighted by molar-refractivity contribution is 6.33. The van der Waals surface area contributed by atoms with Gasteiger partial charge in [-0.3, -0.25) is 4.79 Å². The summed E-state index contributed by atoms with van der Waals surface area (Å²) < 4.78 is 30.4. The molecule has 3 nitrogen and oxygen atoms in total. The molecule has 0 aliphatic rings. The maximum absolute atomic E-state index is 12.8. The van der Waals surface area contributed by atoms with Gasteiger partial charge in [-0.15, -0.1) is 11.6 Å². The average molecular weight is 291 g/mol. The molecular formula is C13H13ClF2O3. The Morgan fingerprint density at radius 3 is 2.47 bits per heavy atom. The minimum Gasteiger partial charge on any atom is -0.462 e. The van der Waals surface area contributed by atoms with Gasteiger partial charge < -0.3 is 4.74 Å². The van der Waals surface area contributed by atoms with E-state index in [-0.39, 0.29) is 17.7 Å². The molecule has 1 aromatic carbocycles. The third-order valence-corrected chi connectivity index (χ3v) is 2.62. The van der Waals surface area contributed by atoms with Crippen LogP contribution in [0.2, 0.25) is 0 Å². The molecule has 0 aliphatic carbocycles. The zero-order chi connectivity index (χ0) is 14.6. The van der Waals surface area contributed by atoms with E-state index in [1.54, 1.807) is 6.92 Å². The Labute approximate surface area is 114 Å². The highest BCUT2D eigenvalue weighted by Crippen LogP contribution is 2.26. The molecule has 104 valence electrons. The summed E-state index contributed by atoms with van der Waals surface area (Å²) >= 11 is 5.62. The summed E-state index contributed by atoms with van der Waals surface area (Å²) in [5, 5.41) is -0.949. The second-order valence-corrected chi connectivity index (χ2v) is 4.46. The zero-order valence-electron chi connectivity index (χ0n) is 10.5. The molecule has 0 fully saturated rings. The van der Waals surface area contributed by atoms with Crippen molar-refractivity contribution in [1.29, 1.82) is 0 Å². The van der Waals surface area contributed by atoms with E-state index in [0.29, 0.717) is 0 Å². The van der Waals surface area contributed by atoms with Gasteiger partial charge in [0, 0.05) is 11.1 Å². The molecule has 1 aromatic rings. The van der Waals surface area contributed by atoms with Crippen molar-refractivity contribution < 1.29 is 23.1 Å². The highest BCUT2D eigenvalue weighted by Gasteiger charge is 2.23. The van der Waals surface area contributed by atoms with E-state index < -0.39 is 29.1 Å². The summed E-state index contributed by atoms with van der Waals surface area (Å²) in [5.74, 6) is -1.32. The molecule has 0 N–H and O–H groups in total. The van der Waals surface area contributed by atoms with E-state index in [1.165, 1.54) is 13.0 Å². The molecule has 0 aliphatic heterocycles. The average Bonchev–Trinajstić information content (AvgIpc) is 2.37. The standard InChI is InChI=1S/C13H13ClF2O3/c1-3-19-13(18)8-4-5-9(12(15)16)10(6-8)11(17)7(2)14/h4-7,12H,3H2,1-2H3. The Morgan fingerprint density at radius 2 is 2.00 bits per heavy atom. The fourth-order valence-corrected chi connectivity index (χ4v) is 1.63. The van der Waals surface area contributed by atoms with E-state index in [1.807, 2.05) is 0 Å². The second kappa shape index (κ2) is 6.61. The van der Waals surface area contributed by atoms with Crippen LogP contribution in [0.3, 0.4) is 0 Å². The first-order chi connectivity index (χ1) is 8.88. The molecule has 0 saturated heterocycles. The topological polar surface area (TPSA) is 43.4 Å². The largest absolute Gasteiger partial charge is 0.462 e. The van der Waals surface area contributed by atoms with Gasteiger partial charge in [0.1, 0.15) is 0 Å². The number of rotatable bonds is 5. The van der Waals surface area contributed by atoms with Crippen LogP contribution in [0.5, 0.6) is 0 Å². The second-order valence-electron chi connectivity index (χ2n) is 3.80. The first-order valence-corrected chi connectivity index (χ1v) is 6.09. The zero-order valence-corrected chi connectivity index (χ0v) is 11.2. The number of ketones is 1. The van der Waals surface area contributed by atoms with Crippen molar-refractivity contribution in [2.75, 3.05) is 6.61 Å². The van der Waals surface area contributed by atoms with Crippen LogP contribution < -0.4 is 0 Å². The van der Waals surface area contributed by atoms with Crippen LogP contribution in [-0.4, -0.2) is 23.7 Å². The van der Waals surface area contributed by atoms with Crippen LogP contribution >= 0.6 is 11.6 Å². The minimum atomic E-state index is -2.81. The van der Waals surface area contributed by atoms with Crippen molar-refractivity contribution in [2.24, 2.45) is 0 Å². The van der Waals surface area contributed by atoms with Gasteiger partial charge in [-0.1, -0.05) is 6.07 Å². The van der Waals surface area contributed by atoms with Crippen LogP contribution in [0.25, 0.3) is 0 Å². The molecule has 1 rings (SSSR count). The quantitative estimate of drug-likeness (QED) is 0.473. The number of carbonyl (C=O) groups excluding carboxylic acids is 2. The van der Waals surface area contributed by atoms with Gasteiger partial charge in [-0.25, -0.2) is 13.6 Å². The van der Waals surface area contributed by atoms with Crippen LogP contribution in [0.4, 0.5) is 8.78 Å². The first kappa shape index (κ1) is 15.6. The summed E-state index contributed by atoms with van der Waals surface area (Å²) in [6, 6.07) is 3.35. The summed E-state index contributed by atoms with van der Waals surface area (Å²) in [5.41, 5.74) is -0.638. The molecule has 0 radical (unpaired) electrons. The van der Waals surface area contributed by atoms with Crippen molar-refractivity contribution >= 4 is 23.4 Å². The summed E-state index contributed by atoms with van der Waals surface area (Å²) in [4.78, 5) is 23.3. The van der Waals surface area contributed by atoms with Gasteiger partial charge in [-0.2, -0.15) is 0 Å². The highest BCUT2D eigenvalue weighted by atomic mass is 35.5. The molecule has 19 heavy (non-hydrogen) atoms. The van der Waals surface area contributed by atoms with E-state index in [4.69, 9.17) is 16.3 Å². The van der Waals surface area contributed by atoms with Crippen molar-refractivity contribution in [3.8, 4) is 0 Å². The van der Waals surface area contributed by atoms with Crippen molar-refractivity contribution in [3.05, 3.63) is 34.9 Å². The number of ether oxygens (including phenoxy) is 1. The number of Topliss-reactive ketones (excluding diaryl/α,β-unsaturated/α-hetero) is 1. The Kier molecular flexibility index (Phi) is 5.42. The maximum Gasteiger partial charge on any atom is 0.338 e. The third-order valence-electron chi connectivity index (χ3n) is 2.43. The third kappa shape index (κ3) is 3.73. The van der Waals surface area contributed by atoms with Crippen LogP contribution in [0.1, 0.15) is 46.6 Å². The Hall–Kier alpha value is -1.49. The number of hydrogen-bond acceptors (Lipinski definition) is 3. The first-order valence-electron chi connectivity index (χ1n) is 5.66. The summed E-state index contributed by atoms with van der Waals surface area (Å²) in [7, 11) is 0. The monoisotopic (exact) mass is 290 g/mol. The number of alkyl halides is 3. The SMILES string of the molecule is CCOC(=O)c1ccc(C(F)F)c(C(=O)C(C)Cl)c1. The van der Waals surface area contributed by atoms with Gasteiger partial charge in [0.25, 0.3) is 6.43 Å². The lowest BCUT2D eigenvalue weighted by atomic mass is 9.99. The van der Waals surface area contributed by atoms with Crippen molar-refractivity contribution in [1.82, 2.24) is 0 Å². The Bertz CT molecular complexity index is 487. The molecule has 1 unspecified atom stereocenters. The molecule has 0 saturated carbocycles. The van der Waals surface area contributed by atoms with Crippen molar-refractivity contribution in [3.63, 3.8) is 0 Å². The number of halogens is 3. The van der Waals surface area contributed by atoms with E-state index >= 15 is 0 Å². The fourth-order valence-electron chi connectivity index (χ4n) is 1.52. The van der Waals surface area contributed by atoms with Gasteiger partial charge >= 0.3 is 5.97 Å². The van der Waals surface area contributed by atoms with Crippen molar-refractivity contribution in [2.45, 2.75) is 25.7 Å². The predicted molar refractivity (Wildman–Crippen MR) is 67.0 cm³/mol. The molecular weight excluding hydrogens is 278 g/mol. The molecule has 6 heteroatoms. The fraction of sp³-hybridized carbons (Fsp3) is 0.385. The van der Waals surface area contributed by atoms with E-state index in [0.717, 1.165) is 12.1 Å². The molecule has 0 spiro atoms. The van der Waals surface area contributed by atoms with E-state index in [9.17, 15) is 18.4 Å². The lowest BCUT2D eigenvalue weighted by Crippen LogP contribution is -2.15. The lowest BCUT2D eigenvalue weighted by molar-refractivity contribution is 0.0526. The molecule has 0 aromatic heterocycles.